The summed E-state index contributed by atoms with van der Waals surface area (Å²) in [6, 6.07) is 4.28. The zero-order valence-electron chi connectivity index (χ0n) is 13.3. The number of aromatic nitrogens is 1. The fourth-order valence-corrected chi connectivity index (χ4v) is 3.34. The first-order valence-electron chi connectivity index (χ1n) is 8.00. The van der Waals surface area contributed by atoms with Gasteiger partial charge in [0, 0.05) is 37.4 Å². The van der Waals surface area contributed by atoms with Crippen molar-refractivity contribution in [1.82, 2.24) is 14.8 Å². The number of nitrogens with zero attached hydrogens (tertiary/aromatic N) is 3. The predicted molar refractivity (Wildman–Crippen MR) is 83.1 cm³/mol. The summed E-state index contributed by atoms with van der Waals surface area (Å²) >= 11 is 0. The lowest BCUT2D eigenvalue weighted by Crippen LogP contribution is -2.40. The minimum Gasteiger partial charge on any atom is -0.338 e. The van der Waals surface area contributed by atoms with Crippen LogP contribution in [-0.2, 0) is 17.8 Å². The fourth-order valence-electron chi connectivity index (χ4n) is 3.34. The van der Waals surface area contributed by atoms with Crippen molar-refractivity contribution in [3.8, 4) is 0 Å². The Hall–Kier alpha value is -1.42. The van der Waals surface area contributed by atoms with Crippen molar-refractivity contribution in [3.05, 3.63) is 29.1 Å². The Kier molecular flexibility index (Phi) is 3.98. The van der Waals surface area contributed by atoms with E-state index < -0.39 is 0 Å². The molecule has 3 heterocycles. The summed E-state index contributed by atoms with van der Waals surface area (Å²) < 4.78 is 0. The quantitative estimate of drug-likeness (QED) is 0.835. The number of amides is 1. The highest BCUT2D eigenvalue weighted by molar-refractivity contribution is 5.79. The summed E-state index contributed by atoms with van der Waals surface area (Å²) in [5.74, 6) is 0.987. The van der Waals surface area contributed by atoms with E-state index in [1.165, 1.54) is 11.3 Å². The molecule has 0 bridgehead atoms. The number of rotatable bonds is 2. The molecule has 114 valence electrons. The minimum absolute atomic E-state index is 0.194. The monoisotopic (exact) mass is 287 g/mol. The second-order valence-corrected chi connectivity index (χ2v) is 6.75. The van der Waals surface area contributed by atoms with Gasteiger partial charge in [0.2, 0.25) is 5.91 Å². The van der Waals surface area contributed by atoms with Crippen LogP contribution in [0.15, 0.2) is 12.1 Å². The largest absolute Gasteiger partial charge is 0.338 e. The molecule has 1 saturated heterocycles. The first-order valence-corrected chi connectivity index (χ1v) is 8.00. The number of hydrogen-bond acceptors (Lipinski definition) is 3. The van der Waals surface area contributed by atoms with E-state index in [-0.39, 0.29) is 5.92 Å². The van der Waals surface area contributed by atoms with Gasteiger partial charge in [0.05, 0.1) is 5.92 Å². The van der Waals surface area contributed by atoms with Crippen molar-refractivity contribution < 1.29 is 4.79 Å². The van der Waals surface area contributed by atoms with Crippen LogP contribution < -0.4 is 0 Å². The maximum Gasteiger partial charge on any atom is 0.227 e. The molecular formula is C17H25N3O. The molecule has 0 radical (unpaired) electrons. The van der Waals surface area contributed by atoms with Gasteiger partial charge in [0.1, 0.15) is 0 Å². The Bertz CT molecular complexity index is 541. The first kappa shape index (κ1) is 14.5. The average molecular weight is 287 g/mol. The lowest BCUT2D eigenvalue weighted by molar-refractivity contribution is -0.136. The predicted octanol–water partition coefficient (Wildman–Crippen LogP) is 2.04. The van der Waals surface area contributed by atoms with Crippen LogP contribution in [0.2, 0.25) is 0 Å². The molecule has 21 heavy (non-hydrogen) atoms. The lowest BCUT2D eigenvalue weighted by Gasteiger charge is -2.30. The van der Waals surface area contributed by atoms with Gasteiger partial charge >= 0.3 is 0 Å². The average Bonchev–Trinajstić information content (AvgIpc) is 2.91. The third-order valence-corrected chi connectivity index (χ3v) is 4.71. The second-order valence-electron chi connectivity index (χ2n) is 6.75. The topological polar surface area (TPSA) is 36.4 Å². The highest BCUT2D eigenvalue weighted by Gasteiger charge is 2.31. The Balaban J connectivity index is 1.71. The van der Waals surface area contributed by atoms with Crippen LogP contribution in [0.1, 0.15) is 43.1 Å². The van der Waals surface area contributed by atoms with Gasteiger partial charge in [-0.25, -0.2) is 0 Å². The van der Waals surface area contributed by atoms with Crippen LogP contribution in [0.3, 0.4) is 0 Å². The summed E-state index contributed by atoms with van der Waals surface area (Å²) in [5, 5.41) is 0. The number of fused-ring (bicyclic) bond motifs is 1. The van der Waals surface area contributed by atoms with Crippen molar-refractivity contribution in [1.29, 1.82) is 0 Å². The smallest absolute Gasteiger partial charge is 0.227 e. The molecule has 1 aromatic heterocycles. The molecule has 4 heteroatoms. The SMILES string of the molecule is CC(C)c1ccc2c(n1)CCN(C(=O)[C@H]1CCN(C)C1)C2. The van der Waals surface area contributed by atoms with E-state index in [0.29, 0.717) is 11.8 Å². The Morgan fingerprint density at radius 1 is 1.33 bits per heavy atom. The van der Waals surface area contributed by atoms with Crippen LogP contribution in [0.25, 0.3) is 0 Å². The summed E-state index contributed by atoms with van der Waals surface area (Å²) in [6.07, 6.45) is 1.90. The third-order valence-electron chi connectivity index (χ3n) is 4.71. The van der Waals surface area contributed by atoms with Crippen LogP contribution >= 0.6 is 0 Å². The van der Waals surface area contributed by atoms with Gasteiger partial charge in [-0.05, 0) is 37.6 Å². The molecule has 0 aromatic carbocycles. The molecule has 0 N–H and O–H groups in total. The number of pyridine rings is 1. The molecule has 0 saturated carbocycles. The van der Waals surface area contributed by atoms with Crippen LogP contribution in [0, 0.1) is 5.92 Å². The van der Waals surface area contributed by atoms with Crippen molar-refractivity contribution in [2.75, 3.05) is 26.7 Å². The molecular weight excluding hydrogens is 262 g/mol. The molecule has 0 aliphatic carbocycles. The Morgan fingerprint density at radius 3 is 2.81 bits per heavy atom. The van der Waals surface area contributed by atoms with E-state index >= 15 is 0 Å². The standard InChI is InChI=1S/C17H25N3O/c1-12(2)15-5-4-13-11-20(9-7-16(13)18-15)17(21)14-6-8-19(3)10-14/h4-5,12,14H,6-11H2,1-3H3/t14-/m0/s1. The van der Waals surface area contributed by atoms with E-state index in [2.05, 4.69) is 37.9 Å². The third kappa shape index (κ3) is 2.95. The Morgan fingerprint density at radius 2 is 2.14 bits per heavy atom. The maximum absolute atomic E-state index is 12.6. The summed E-state index contributed by atoms with van der Waals surface area (Å²) in [5.41, 5.74) is 3.57. The molecule has 4 nitrogen and oxygen atoms in total. The van der Waals surface area contributed by atoms with E-state index in [4.69, 9.17) is 4.98 Å². The van der Waals surface area contributed by atoms with E-state index in [1.54, 1.807) is 0 Å². The summed E-state index contributed by atoms with van der Waals surface area (Å²) in [7, 11) is 2.09. The highest BCUT2D eigenvalue weighted by Crippen LogP contribution is 2.24. The van der Waals surface area contributed by atoms with Crippen molar-refractivity contribution in [3.63, 3.8) is 0 Å². The van der Waals surface area contributed by atoms with Crippen LogP contribution in [-0.4, -0.2) is 47.4 Å². The van der Waals surface area contributed by atoms with E-state index in [9.17, 15) is 4.79 Å². The number of carbonyl (C=O) groups excluding carboxylic acids is 1. The lowest BCUT2D eigenvalue weighted by atomic mass is 10.00. The van der Waals surface area contributed by atoms with Gasteiger partial charge in [-0.3, -0.25) is 9.78 Å². The second kappa shape index (κ2) is 5.76. The van der Waals surface area contributed by atoms with Crippen LogP contribution in [0.4, 0.5) is 0 Å². The fraction of sp³-hybridized carbons (Fsp3) is 0.647. The van der Waals surface area contributed by atoms with Crippen molar-refractivity contribution in [2.24, 2.45) is 5.92 Å². The summed E-state index contributed by atoms with van der Waals surface area (Å²) in [4.78, 5) is 21.7. The molecule has 0 spiro atoms. The highest BCUT2D eigenvalue weighted by atomic mass is 16.2. The van der Waals surface area contributed by atoms with Crippen molar-refractivity contribution in [2.45, 2.75) is 39.2 Å². The molecule has 1 atom stereocenters. The molecule has 0 unspecified atom stereocenters. The van der Waals surface area contributed by atoms with Gasteiger partial charge in [0.15, 0.2) is 0 Å². The number of likely N-dealkylation sites (tertiary alicyclic amines) is 1. The van der Waals surface area contributed by atoms with Crippen LogP contribution in [0.5, 0.6) is 0 Å². The number of carbonyl (C=O) groups is 1. The maximum atomic E-state index is 12.6. The van der Waals surface area contributed by atoms with E-state index in [0.717, 1.165) is 44.7 Å². The molecule has 1 fully saturated rings. The van der Waals surface area contributed by atoms with Gasteiger partial charge in [-0.1, -0.05) is 19.9 Å². The summed E-state index contributed by atoms with van der Waals surface area (Å²) in [6.45, 7) is 7.85. The zero-order chi connectivity index (χ0) is 15.0. The van der Waals surface area contributed by atoms with Gasteiger partial charge in [-0.2, -0.15) is 0 Å². The molecule has 1 aromatic rings. The number of hydrogen-bond donors (Lipinski definition) is 0. The van der Waals surface area contributed by atoms with Crippen molar-refractivity contribution >= 4 is 5.91 Å². The first-order chi connectivity index (χ1) is 10.0. The molecule has 2 aliphatic rings. The Labute approximate surface area is 127 Å². The molecule has 3 rings (SSSR count). The normalized spacial score (nSPS) is 22.7. The molecule has 1 amide bonds. The van der Waals surface area contributed by atoms with E-state index in [1.807, 2.05) is 4.90 Å². The zero-order valence-corrected chi connectivity index (χ0v) is 13.3. The van der Waals surface area contributed by atoms with Gasteiger partial charge in [0.25, 0.3) is 0 Å². The van der Waals surface area contributed by atoms with Gasteiger partial charge < -0.3 is 9.80 Å². The minimum atomic E-state index is 0.194. The van der Waals surface area contributed by atoms with Gasteiger partial charge in [-0.15, -0.1) is 0 Å². The molecule has 2 aliphatic heterocycles.